The number of alkyl halides is 2. The van der Waals surface area contributed by atoms with Crippen molar-refractivity contribution in [1.29, 1.82) is 0 Å². The van der Waals surface area contributed by atoms with Gasteiger partial charge in [-0.3, -0.25) is 4.79 Å². The summed E-state index contributed by atoms with van der Waals surface area (Å²) in [4.78, 5) is 10.0. The summed E-state index contributed by atoms with van der Waals surface area (Å²) in [6, 6.07) is 0. The second kappa shape index (κ2) is 1.98. The zero-order chi connectivity index (χ0) is 7.94. The molecule has 0 atom stereocenters. The van der Waals surface area contributed by atoms with E-state index in [-0.39, 0.29) is 0 Å². The minimum atomic E-state index is -4.00. The Hall–Kier alpha value is -0.520. The van der Waals surface area contributed by atoms with Crippen molar-refractivity contribution in [2.45, 2.75) is 5.25 Å². The Morgan fingerprint density at radius 3 is 1.90 bits per heavy atom. The number of thioether (sulfide) groups is 1. The molecule has 0 aliphatic carbocycles. The van der Waals surface area contributed by atoms with Crippen LogP contribution >= 0.6 is 11.8 Å². The maximum Gasteiger partial charge on any atom is 0.355 e. The van der Waals surface area contributed by atoms with Crippen molar-refractivity contribution in [1.82, 2.24) is 0 Å². The highest BCUT2D eigenvalue weighted by molar-refractivity contribution is 8.15. The van der Waals surface area contributed by atoms with Gasteiger partial charge in [-0.25, -0.2) is 4.39 Å². The zero-order valence-electron chi connectivity index (χ0n) is 4.33. The Bertz CT molecular complexity index is 221. The van der Waals surface area contributed by atoms with Gasteiger partial charge in [0.25, 0.3) is 5.12 Å². The number of carbonyl (C=O) groups excluding carboxylic acids is 1. The van der Waals surface area contributed by atoms with E-state index in [9.17, 15) is 22.4 Å². The molecule has 1 rings (SSSR count). The Kier molecular flexibility index (Phi) is 1.50. The van der Waals surface area contributed by atoms with Crippen LogP contribution in [0, 0.1) is 0 Å². The first-order valence-corrected chi connectivity index (χ1v) is 2.93. The molecule has 0 saturated carbocycles. The highest BCUT2D eigenvalue weighted by Crippen LogP contribution is 2.46. The van der Waals surface area contributed by atoms with Crippen molar-refractivity contribution in [2.75, 3.05) is 0 Å². The van der Waals surface area contributed by atoms with E-state index in [1.807, 2.05) is 0 Å². The predicted molar refractivity (Wildman–Crippen MR) is 26.8 cm³/mol. The van der Waals surface area contributed by atoms with Gasteiger partial charge in [0.15, 0.2) is 0 Å². The van der Waals surface area contributed by atoms with Crippen LogP contribution < -0.4 is 0 Å². The molecule has 56 valence electrons. The molecule has 1 aliphatic heterocycles. The first-order valence-electron chi connectivity index (χ1n) is 2.12. The Labute approximate surface area is 57.1 Å². The second-order valence-corrected chi connectivity index (χ2v) is 2.62. The van der Waals surface area contributed by atoms with Crippen LogP contribution in [0.1, 0.15) is 0 Å². The van der Waals surface area contributed by atoms with E-state index in [1.165, 1.54) is 0 Å². The van der Waals surface area contributed by atoms with Gasteiger partial charge in [-0.15, -0.1) is 0 Å². The third-order valence-electron chi connectivity index (χ3n) is 0.848. The normalized spacial score (nSPS) is 24.2. The Morgan fingerprint density at radius 1 is 1.30 bits per heavy atom. The molecule has 1 nitrogen and oxygen atoms in total. The molecule has 0 fully saturated rings. The van der Waals surface area contributed by atoms with Crippen molar-refractivity contribution < 1.29 is 22.4 Å². The topological polar surface area (TPSA) is 17.1 Å². The van der Waals surface area contributed by atoms with E-state index >= 15 is 0 Å². The summed E-state index contributed by atoms with van der Waals surface area (Å²) in [6.45, 7) is 0. The Morgan fingerprint density at radius 2 is 1.80 bits per heavy atom. The summed E-state index contributed by atoms with van der Waals surface area (Å²) in [5.41, 5.74) is 0. The summed E-state index contributed by atoms with van der Waals surface area (Å²) in [5.74, 6) is -4.25. The van der Waals surface area contributed by atoms with Crippen molar-refractivity contribution in [3.8, 4) is 0 Å². The SMILES string of the molecule is O=C1SC(F)(F)C(F)=C1F. The van der Waals surface area contributed by atoms with Crippen LogP contribution in [0.25, 0.3) is 0 Å². The lowest BCUT2D eigenvalue weighted by Gasteiger charge is -2.01. The van der Waals surface area contributed by atoms with E-state index in [0.717, 1.165) is 0 Å². The standard InChI is InChI=1S/C4F4OS/c5-1-2(6)4(7,8)10-3(1)9. The molecular formula is C4F4OS. The lowest BCUT2D eigenvalue weighted by molar-refractivity contribution is -0.109. The summed E-state index contributed by atoms with van der Waals surface area (Å²) in [6.07, 6.45) is 0. The van der Waals surface area contributed by atoms with Gasteiger partial charge >= 0.3 is 5.25 Å². The highest BCUT2D eigenvalue weighted by Gasteiger charge is 2.50. The van der Waals surface area contributed by atoms with E-state index in [2.05, 4.69) is 0 Å². The molecular weight excluding hydrogens is 172 g/mol. The quantitative estimate of drug-likeness (QED) is 0.520. The summed E-state index contributed by atoms with van der Waals surface area (Å²) < 4.78 is 47.5. The molecule has 6 heteroatoms. The van der Waals surface area contributed by atoms with Crippen molar-refractivity contribution in [2.24, 2.45) is 0 Å². The average molecular weight is 172 g/mol. The van der Waals surface area contributed by atoms with Crippen LogP contribution in [0.3, 0.4) is 0 Å². The fourth-order valence-electron chi connectivity index (χ4n) is 0.423. The lowest BCUT2D eigenvalue weighted by Crippen LogP contribution is -2.06. The number of halogens is 4. The van der Waals surface area contributed by atoms with Crippen molar-refractivity contribution in [3.63, 3.8) is 0 Å². The van der Waals surface area contributed by atoms with Crippen LogP contribution in [0.4, 0.5) is 17.6 Å². The number of carbonyl (C=O) groups is 1. The molecule has 0 spiro atoms. The van der Waals surface area contributed by atoms with Gasteiger partial charge < -0.3 is 0 Å². The molecule has 0 aromatic carbocycles. The molecule has 1 aliphatic rings. The fourth-order valence-corrected chi connectivity index (χ4v) is 1.01. The van der Waals surface area contributed by atoms with Crippen molar-refractivity contribution >= 4 is 16.9 Å². The van der Waals surface area contributed by atoms with Gasteiger partial charge in [0.05, 0.1) is 0 Å². The molecule has 0 saturated heterocycles. The predicted octanol–water partition coefficient (Wildman–Crippen LogP) is 2.00. The molecule has 0 bridgehead atoms. The minimum absolute atomic E-state index is 0.657. The van der Waals surface area contributed by atoms with Crippen molar-refractivity contribution in [3.05, 3.63) is 11.7 Å². The van der Waals surface area contributed by atoms with Crippen LogP contribution in [-0.2, 0) is 4.79 Å². The maximum atomic E-state index is 11.9. The highest BCUT2D eigenvalue weighted by atomic mass is 32.2. The van der Waals surface area contributed by atoms with Gasteiger partial charge in [-0.1, -0.05) is 0 Å². The molecule has 0 amide bonds. The molecule has 1 heterocycles. The molecule has 0 aromatic rings. The third kappa shape index (κ3) is 0.920. The molecule has 0 aromatic heterocycles. The zero-order valence-corrected chi connectivity index (χ0v) is 5.14. The van der Waals surface area contributed by atoms with Gasteiger partial charge in [-0.2, -0.15) is 13.2 Å². The van der Waals surface area contributed by atoms with Gasteiger partial charge in [0.1, 0.15) is 0 Å². The first kappa shape index (κ1) is 7.59. The monoisotopic (exact) mass is 172 g/mol. The van der Waals surface area contributed by atoms with E-state index in [1.54, 1.807) is 0 Å². The smallest absolute Gasteiger partial charge is 0.279 e. The second-order valence-electron chi connectivity index (χ2n) is 1.53. The molecule has 0 radical (unpaired) electrons. The number of rotatable bonds is 0. The first-order chi connectivity index (χ1) is 4.45. The minimum Gasteiger partial charge on any atom is -0.279 e. The van der Waals surface area contributed by atoms with Crippen LogP contribution in [-0.4, -0.2) is 10.4 Å². The van der Waals surface area contributed by atoms with Gasteiger partial charge in [0, 0.05) is 11.8 Å². The van der Waals surface area contributed by atoms with E-state index < -0.39 is 33.8 Å². The van der Waals surface area contributed by atoms with Gasteiger partial charge in [-0.05, 0) is 0 Å². The summed E-state index contributed by atoms with van der Waals surface area (Å²) >= 11 is -0.657. The largest absolute Gasteiger partial charge is 0.355 e. The lowest BCUT2D eigenvalue weighted by atomic mass is 10.5. The van der Waals surface area contributed by atoms with Crippen LogP contribution in [0.2, 0.25) is 0 Å². The number of hydrogen-bond donors (Lipinski definition) is 0. The molecule has 0 N–H and O–H groups in total. The number of hydrogen-bond acceptors (Lipinski definition) is 2. The van der Waals surface area contributed by atoms with E-state index in [0.29, 0.717) is 0 Å². The summed E-state index contributed by atoms with van der Waals surface area (Å²) in [7, 11) is 0. The Balaban J connectivity index is 3.06. The average Bonchev–Trinajstić information content (AvgIpc) is 1.95. The third-order valence-corrected chi connectivity index (χ3v) is 1.65. The van der Waals surface area contributed by atoms with Crippen LogP contribution in [0.15, 0.2) is 11.7 Å². The molecule has 0 unspecified atom stereocenters. The fraction of sp³-hybridized carbons (Fsp3) is 0.250. The van der Waals surface area contributed by atoms with Crippen LogP contribution in [0.5, 0.6) is 0 Å². The summed E-state index contributed by atoms with van der Waals surface area (Å²) in [5, 5.41) is -5.55. The van der Waals surface area contributed by atoms with E-state index in [4.69, 9.17) is 0 Å². The molecule has 10 heavy (non-hydrogen) atoms. The van der Waals surface area contributed by atoms with Gasteiger partial charge in [0.2, 0.25) is 11.7 Å². The maximum absolute atomic E-state index is 11.9.